The van der Waals surface area contributed by atoms with Gasteiger partial charge in [0.1, 0.15) is 6.04 Å². The maximum absolute atomic E-state index is 11.3. The molecule has 0 amide bonds. The molecule has 0 aromatic heterocycles. The van der Waals surface area contributed by atoms with E-state index in [9.17, 15) is 9.90 Å². The van der Waals surface area contributed by atoms with Gasteiger partial charge in [-0.05, 0) is 38.3 Å². The smallest absolute Gasteiger partial charge is 0.320 e. The van der Waals surface area contributed by atoms with Crippen molar-refractivity contribution in [2.24, 2.45) is 5.92 Å². The van der Waals surface area contributed by atoms with Gasteiger partial charge >= 0.3 is 5.97 Å². The molecule has 0 saturated carbocycles. The molecule has 0 aliphatic carbocycles. The first-order valence-electron chi connectivity index (χ1n) is 8.12. The summed E-state index contributed by atoms with van der Waals surface area (Å²) in [4.78, 5) is 13.5. The number of hydrogen-bond acceptors (Lipinski definition) is 2. The second-order valence-corrected chi connectivity index (χ2v) is 6.14. The Bertz CT molecular complexity index is 255. The number of aliphatic carboxylic acids is 1. The third-order valence-corrected chi connectivity index (χ3v) is 4.31. The molecule has 112 valence electrons. The lowest BCUT2D eigenvalue weighted by molar-refractivity contribution is -0.145. The third-order valence-electron chi connectivity index (χ3n) is 4.31. The zero-order valence-electron chi connectivity index (χ0n) is 12.7. The van der Waals surface area contributed by atoms with E-state index in [-0.39, 0.29) is 6.04 Å². The molecule has 1 aliphatic rings. The largest absolute Gasteiger partial charge is 0.480 e. The quantitative estimate of drug-likeness (QED) is 0.645. The normalized spacial score (nSPS) is 24.5. The summed E-state index contributed by atoms with van der Waals surface area (Å²) >= 11 is 0. The predicted molar refractivity (Wildman–Crippen MR) is 79.4 cm³/mol. The van der Waals surface area contributed by atoms with Crippen LogP contribution in [0.25, 0.3) is 0 Å². The van der Waals surface area contributed by atoms with E-state index in [0.29, 0.717) is 5.92 Å². The van der Waals surface area contributed by atoms with Crippen LogP contribution in [0, 0.1) is 5.92 Å². The average Bonchev–Trinajstić information content (AvgIpc) is 2.39. The van der Waals surface area contributed by atoms with Crippen molar-refractivity contribution in [1.82, 2.24) is 4.90 Å². The summed E-state index contributed by atoms with van der Waals surface area (Å²) in [6.45, 7) is 6.34. The molecular formula is C16H31NO2. The Labute approximate surface area is 118 Å². The summed E-state index contributed by atoms with van der Waals surface area (Å²) in [7, 11) is 0. The van der Waals surface area contributed by atoms with Crippen molar-refractivity contribution < 1.29 is 9.90 Å². The van der Waals surface area contributed by atoms with Crippen molar-refractivity contribution in [1.29, 1.82) is 0 Å². The zero-order chi connectivity index (χ0) is 14.1. The van der Waals surface area contributed by atoms with E-state index >= 15 is 0 Å². The Hall–Kier alpha value is -0.570. The van der Waals surface area contributed by atoms with E-state index in [0.717, 1.165) is 32.4 Å². The Kier molecular flexibility index (Phi) is 8.11. The van der Waals surface area contributed by atoms with Crippen LogP contribution in [0.3, 0.4) is 0 Å². The van der Waals surface area contributed by atoms with Crippen molar-refractivity contribution in [3.63, 3.8) is 0 Å². The lowest BCUT2D eigenvalue weighted by Crippen LogP contribution is -2.47. The first-order chi connectivity index (χ1) is 9.15. The van der Waals surface area contributed by atoms with E-state index in [1.165, 1.54) is 38.5 Å². The van der Waals surface area contributed by atoms with Gasteiger partial charge in [-0.2, -0.15) is 0 Å². The predicted octanol–water partition coefficient (Wildman–Crippen LogP) is 3.92. The molecule has 0 bridgehead atoms. The van der Waals surface area contributed by atoms with E-state index in [1.807, 2.05) is 0 Å². The Morgan fingerprint density at radius 3 is 2.42 bits per heavy atom. The fraction of sp³-hybridized carbons (Fsp3) is 0.938. The van der Waals surface area contributed by atoms with Crippen LogP contribution in [-0.4, -0.2) is 35.1 Å². The van der Waals surface area contributed by atoms with Crippen molar-refractivity contribution in [2.45, 2.75) is 77.7 Å². The van der Waals surface area contributed by atoms with Crippen LogP contribution in [0.2, 0.25) is 0 Å². The minimum atomic E-state index is -0.630. The van der Waals surface area contributed by atoms with Gasteiger partial charge in [0.15, 0.2) is 0 Å². The maximum atomic E-state index is 11.3. The van der Waals surface area contributed by atoms with Crippen molar-refractivity contribution >= 4 is 5.97 Å². The summed E-state index contributed by atoms with van der Waals surface area (Å²) < 4.78 is 0. The van der Waals surface area contributed by atoms with Crippen LogP contribution in [0.15, 0.2) is 0 Å². The molecule has 0 spiro atoms. The van der Waals surface area contributed by atoms with Gasteiger partial charge in [0.2, 0.25) is 0 Å². The number of carbonyl (C=O) groups is 1. The molecule has 0 aromatic carbocycles. The molecule has 1 rings (SSSR count). The second kappa shape index (κ2) is 9.35. The van der Waals surface area contributed by atoms with Crippen LogP contribution in [0.1, 0.15) is 71.6 Å². The first kappa shape index (κ1) is 16.5. The number of piperidine rings is 1. The first-order valence-corrected chi connectivity index (χ1v) is 8.12. The van der Waals surface area contributed by atoms with E-state index in [1.54, 1.807) is 0 Å². The molecule has 2 unspecified atom stereocenters. The second-order valence-electron chi connectivity index (χ2n) is 6.14. The highest BCUT2D eigenvalue weighted by molar-refractivity contribution is 5.73. The Balaban J connectivity index is 2.14. The van der Waals surface area contributed by atoms with Gasteiger partial charge < -0.3 is 5.11 Å². The molecular weight excluding hydrogens is 238 g/mol. The lowest BCUT2D eigenvalue weighted by Gasteiger charge is -2.35. The number of hydrogen-bond donors (Lipinski definition) is 1. The van der Waals surface area contributed by atoms with Gasteiger partial charge in [0, 0.05) is 0 Å². The van der Waals surface area contributed by atoms with Gasteiger partial charge in [-0.15, -0.1) is 0 Å². The molecule has 1 fully saturated rings. The highest BCUT2D eigenvalue weighted by Crippen LogP contribution is 2.23. The molecule has 3 heteroatoms. The molecule has 1 saturated heterocycles. The Morgan fingerprint density at radius 2 is 1.79 bits per heavy atom. The molecule has 1 heterocycles. The topological polar surface area (TPSA) is 40.5 Å². The highest BCUT2D eigenvalue weighted by Gasteiger charge is 2.30. The molecule has 3 nitrogen and oxygen atoms in total. The fourth-order valence-electron chi connectivity index (χ4n) is 2.99. The van der Waals surface area contributed by atoms with Crippen LogP contribution in [0.4, 0.5) is 0 Å². The van der Waals surface area contributed by atoms with E-state index in [4.69, 9.17) is 0 Å². The van der Waals surface area contributed by atoms with Crippen molar-refractivity contribution in [3.8, 4) is 0 Å². The van der Waals surface area contributed by atoms with Crippen LogP contribution in [0.5, 0.6) is 0 Å². The minimum Gasteiger partial charge on any atom is -0.480 e. The summed E-state index contributed by atoms with van der Waals surface area (Å²) in [5, 5.41) is 9.28. The highest BCUT2D eigenvalue weighted by atomic mass is 16.4. The SMILES string of the molecule is CCCCCCCCCN1CCC(C)CC1C(=O)O. The number of likely N-dealkylation sites (tertiary alicyclic amines) is 1. The number of carboxylic acid groups (broad SMARTS) is 1. The monoisotopic (exact) mass is 269 g/mol. The third kappa shape index (κ3) is 6.42. The molecule has 2 atom stereocenters. The fourth-order valence-corrected chi connectivity index (χ4v) is 2.99. The van der Waals surface area contributed by atoms with Gasteiger partial charge in [-0.3, -0.25) is 9.69 Å². The van der Waals surface area contributed by atoms with E-state index in [2.05, 4.69) is 18.7 Å². The van der Waals surface area contributed by atoms with Gasteiger partial charge in [0.05, 0.1) is 0 Å². The van der Waals surface area contributed by atoms with Gasteiger partial charge in [-0.1, -0.05) is 52.4 Å². The minimum absolute atomic E-state index is 0.233. The van der Waals surface area contributed by atoms with E-state index < -0.39 is 5.97 Å². The number of rotatable bonds is 9. The summed E-state index contributed by atoms with van der Waals surface area (Å²) in [5.41, 5.74) is 0. The van der Waals surface area contributed by atoms with Crippen LogP contribution < -0.4 is 0 Å². The van der Waals surface area contributed by atoms with Gasteiger partial charge in [0.25, 0.3) is 0 Å². The average molecular weight is 269 g/mol. The van der Waals surface area contributed by atoms with Crippen molar-refractivity contribution in [2.75, 3.05) is 13.1 Å². The summed E-state index contributed by atoms with van der Waals surface area (Å²) in [6.07, 6.45) is 11.0. The lowest BCUT2D eigenvalue weighted by atomic mass is 9.92. The van der Waals surface area contributed by atoms with Crippen LogP contribution >= 0.6 is 0 Å². The number of unbranched alkanes of at least 4 members (excludes halogenated alkanes) is 6. The number of carboxylic acids is 1. The molecule has 1 aliphatic heterocycles. The molecule has 0 aromatic rings. The maximum Gasteiger partial charge on any atom is 0.320 e. The van der Waals surface area contributed by atoms with Crippen LogP contribution in [-0.2, 0) is 4.79 Å². The molecule has 19 heavy (non-hydrogen) atoms. The molecule has 1 N–H and O–H groups in total. The van der Waals surface area contributed by atoms with Crippen molar-refractivity contribution in [3.05, 3.63) is 0 Å². The van der Waals surface area contributed by atoms with Gasteiger partial charge in [-0.25, -0.2) is 0 Å². The Morgan fingerprint density at radius 1 is 1.16 bits per heavy atom. The summed E-state index contributed by atoms with van der Waals surface area (Å²) in [5.74, 6) is -0.0686. The number of nitrogens with zero attached hydrogens (tertiary/aromatic N) is 1. The molecule has 0 radical (unpaired) electrons. The zero-order valence-corrected chi connectivity index (χ0v) is 12.7. The standard InChI is InChI=1S/C16H31NO2/c1-3-4-5-6-7-8-9-11-17-12-10-14(2)13-15(17)16(18)19/h14-15H,3-13H2,1-2H3,(H,18,19). The summed E-state index contributed by atoms with van der Waals surface area (Å²) in [6, 6.07) is -0.233.